The molecule has 0 radical (unpaired) electrons. The number of amides is 1. The summed E-state index contributed by atoms with van der Waals surface area (Å²) in [5.74, 6) is -2.55. The van der Waals surface area contributed by atoms with Crippen LogP contribution in [-0.4, -0.2) is 56.8 Å². The number of aliphatic imine (C=N–C) groups is 1. The molecule has 1 fully saturated rings. The van der Waals surface area contributed by atoms with Gasteiger partial charge in [-0.2, -0.15) is 18.4 Å². The largest absolute Gasteiger partial charge is 0.419 e. The van der Waals surface area contributed by atoms with Crippen molar-refractivity contribution < 1.29 is 31.1 Å². The van der Waals surface area contributed by atoms with Crippen LogP contribution >= 0.6 is 12.2 Å². The first-order chi connectivity index (χ1) is 16.1. The summed E-state index contributed by atoms with van der Waals surface area (Å²) in [6.07, 6.45) is -7.54. The summed E-state index contributed by atoms with van der Waals surface area (Å²) >= 11 is 5.41. The third-order valence-corrected chi connectivity index (χ3v) is 5.98. The monoisotopic (exact) mass is 516 g/mol. The number of nitriles is 1. The van der Waals surface area contributed by atoms with Gasteiger partial charge in [-0.1, -0.05) is 6.58 Å². The molecule has 0 spiro atoms. The Morgan fingerprint density at radius 1 is 1.34 bits per heavy atom. The van der Waals surface area contributed by atoms with Crippen LogP contribution in [0.1, 0.15) is 31.5 Å². The van der Waals surface area contributed by atoms with E-state index >= 15 is 0 Å². The molecule has 0 bridgehead atoms. The van der Waals surface area contributed by atoms with Crippen molar-refractivity contribution in [1.29, 1.82) is 5.26 Å². The lowest BCUT2D eigenvalue weighted by molar-refractivity contribution is -0.138. The van der Waals surface area contributed by atoms with Gasteiger partial charge in [-0.15, -0.1) is 0 Å². The molecule has 3 rings (SSSR count). The zero-order valence-electron chi connectivity index (χ0n) is 18.6. The first-order valence-corrected chi connectivity index (χ1v) is 10.3. The number of alkyl halides is 5. The summed E-state index contributed by atoms with van der Waals surface area (Å²) in [6.45, 7) is 6.12. The zero-order chi connectivity index (χ0) is 26.5. The van der Waals surface area contributed by atoms with Crippen LogP contribution in [0.25, 0.3) is 0 Å². The number of hydrogen-bond acceptors (Lipinski definition) is 6. The molecule has 186 valence electrons. The van der Waals surface area contributed by atoms with Gasteiger partial charge in [-0.3, -0.25) is 9.69 Å². The number of halogens is 6. The molecule has 2 aliphatic heterocycles. The minimum absolute atomic E-state index is 0.239. The Labute approximate surface area is 201 Å². The topological polar surface area (TPSA) is 75.8 Å². The number of aromatic nitrogens is 1. The van der Waals surface area contributed by atoms with Crippen molar-refractivity contribution >= 4 is 34.8 Å². The van der Waals surface area contributed by atoms with E-state index in [1.54, 1.807) is 0 Å². The highest BCUT2D eigenvalue weighted by atomic mass is 32.1. The van der Waals surface area contributed by atoms with E-state index in [1.807, 2.05) is 0 Å². The van der Waals surface area contributed by atoms with Crippen LogP contribution in [0.4, 0.5) is 32.0 Å². The fourth-order valence-electron chi connectivity index (χ4n) is 3.81. The summed E-state index contributed by atoms with van der Waals surface area (Å²) in [5, 5.41) is 8.66. The number of carbonyl (C=O) groups excluding carboxylic acids is 1. The molecule has 0 saturated carbocycles. The molecule has 1 aromatic heterocycles. The van der Waals surface area contributed by atoms with Crippen LogP contribution in [0.3, 0.4) is 0 Å². The van der Waals surface area contributed by atoms with Crippen LogP contribution < -0.4 is 4.90 Å². The van der Waals surface area contributed by atoms with E-state index in [0.717, 1.165) is 22.1 Å². The van der Waals surface area contributed by atoms with E-state index in [-0.39, 0.29) is 17.2 Å². The van der Waals surface area contributed by atoms with Gasteiger partial charge in [0.15, 0.2) is 16.6 Å². The molecule has 0 aromatic carbocycles. The van der Waals surface area contributed by atoms with E-state index in [4.69, 9.17) is 17.5 Å². The molecule has 0 N–H and O–H groups in total. The van der Waals surface area contributed by atoms with Crippen molar-refractivity contribution in [2.24, 2.45) is 4.99 Å². The highest BCUT2D eigenvalue weighted by molar-refractivity contribution is 7.80. The predicted octanol–water partition coefficient (Wildman–Crippen LogP) is 4.38. The van der Waals surface area contributed by atoms with E-state index in [9.17, 15) is 31.1 Å². The number of nitrogens with zero attached hydrogens (tertiary/aromatic N) is 6. The Balaban J connectivity index is 2.12. The van der Waals surface area contributed by atoms with Gasteiger partial charge in [0, 0.05) is 13.5 Å². The average Bonchev–Trinajstić information content (AvgIpc) is 2.94. The van der Waals surface area contributed by atoms with Crippen LogP contribution in [0, 0.1) is 11.3 Å². The van der Waals surface area contributed by atoms with E-state index in [2.05, 4.69) is 16.6 Å². The summed E-state index contributed by atoms with van der Waals surface area (Å²) in [7, 11) is 1.25. The van der Waals surface area contributed by atoms with Gasteiger partial charge in [-0.05, 0) is 38.2 Å². The maximum absolute atomic E-state index is 14.3. The Morgan fingerprint density at radius 3 is 2.51 bits per heavy atom. The summed E-state index contributed by atoms with van der Waals surface area (Å²) in [6, 6.07) is 1.91. The number of anilines is 1. The minimum Gasteiger partial charge on any atom is -0.338 e. The van der Waals surface area contributed by atoms with E-state index in [0.29, 0.717) is 6.07 Å². The quantitative estimate of drug-likeness (QED) is 0.439. The molecule has 3 heterocycles. The van der Waals surface area contributed by atoms with Gasteiger partial charge in [0.1, 0.15) is 23.6 Å². The second-order valence-electron chi connectivity index (χ2n) is 8.15. The van der Waals surface area contributed by atoms with E-state index < -0.39 is 58.8 Å². The molecule has 1 atom stereocenters. The van der Waals surface area contributed by atoms with Crippen LogP contribution in [0.5, 0.6) is 0 Å². The molecule has 14 heteroatoms. The summed E-state index contributed by atoms with van der Waals surface area (Å²) < 4.78 is 82.2. The second-order valence-corrected chi connectivity index (χ2v) is 8.51. The third-order valence-electron chi connectivity index (χ3n) is 5.60. The third kappa shape index (κ3) is 4.47. The van der Waals surface area contributed by atoms with Gasteiger partial charge in [0.2, 0.25) is 0 Å². The molecular weight excluding hydrogens is 498 g/mol. The maximum Gasteiger partial charge on any atom is 0.419 e. The van der Waals surface area contributed by atoms with Crippen LogP contribution in [0.15, 0.2) is 41.4 Å². The van der Waals surface area contributed by atoms with Crippen molar-refractivity contribution in [3.8, 4) is 6.07 Å². The molecule has 1 amide bonds. The minimum atomic E-state index is -4.94. The highest BCUT2D eigenvalue weighted by Gasteiger charge is 2.54. The number of allylic oxidation sites excluding steroid dienone is 1. The first kappa shape index (κ1) is 26.1. The van der Waals surface area contributed by atoms with Crippen molar-refractivity contribution in [2.75, 3.05) is 11.9 Å². The fourth-order valence-corrected chi connectivity index (χ4v) is 4.35. The lowest BCUT2D eigenvalue weighted by Crippen LogP contribution is -2.58. The number of pyridine rings is 1. The summed E-state index contributed by atoms with van der Waals surface area (Å²) in [5.41, 5.74) is -4.68. The fraction of sp³-hybridized carbons (Fsp3) is 0.381. The smallest absolute Gasteiger partial charge is 0.338 e. The lowest BCUT2D eigenvalue weighted by atomic mass is 10.0. The molecule has 1 unspecified atom stereocenters. The number of hydrogen-bond donors (Lipinski definition) is 0. The van der Waals surface area contributed by atoms with Crippen molar-refractivity contribution in [2.45, 2.75) is 44.6 Å². The van der Waals surface area contributed by atoms with Crippen molar-refractivity contribution in [3.05, 3.63) is 47.7 Å². The van der Waals surface area contributed by atoms with Gasteiger partial charge >= 0.3 is 6.18 Å². The van der Waals surface area contributed by atoms with Gasteiger partial charge in [-0.25, -0.2) is 23.1 Å². The molecule has 7 nitrogen and oxygen atoms in total. The Hall–Kier alpha value is -3.47. The SMILES string of the molecule is C=C1N=C(C(F)F)N(C)C(N2C(=S)N(c3cnc(C#N)c(C(F)(F)F)c3)C(=O)C2(C)C)CC=C1F. The molecule has 35 heavy (non-hydrogen) atoms. The van der Waals surface area contributed by atoms with Crippen molar-refractivity contribution in [3.63, 3.8) is 0 Å². The lowest BCUT2D eigenvalue weighted by Gasteiger charge is -2.42. The predicted molar refractivity (Wildman–Crippen MR) is 118 cm³/mol. The zero-order valence-corrected chi connectivity index (χ0v) is 19.4. The number of amidine groups is 1. The van der Waals surface area contributed by atoms with E-state index in [1.165, 1.54) is 31.9 Å². The molecule has 2 aliphatic rings. The molecule has 0 aliphatic carbocycles. The number of rotatable bonds is 3. The number of thiocarbonyl (C=S) groups is 1. The number of carbonyl (C=O) groups is 1. The van der Waals surface area contributed by atoms with Crippen molar-refractivity contribution in [1.82, 2.24) is 14.8 Å². The Morgan fingerprint density at radius 2 is 1.97 bits per heavy atom. The van der Waals surface area contributed by atoms with Crippen LogP contribution in [0.2, 0.25) is 0 Å². The first-order valence-electron chi connectivity index (χ1n) is 9.92. The standard InChI is InChI=1S/C21H18F6N6OS/c1-10-13(22)5-6-15(31(4)17(30-10)16(23)24)33-19(35)32(18(34)20(33,2)3)11-7-12(21(25,26)27)14(8-28)29-9-11/h5,7,9,15-16H,1,6H2,2-4H3. The second kappa shape index (κ2) is 8.95. The Kier molecular flexibility index (Phi) is 6.69. The Bertz CT molecular complexity index is 1200. The highest BCUT2D eigenvalue weighted by Crippen LogP contribution is 2.39. The molecule has 1 saturated heterocycles. The van der Waals surface area contributed by atoms with Crippen LogP contribution in [-0.2, 0) is 11.0 Å². The normalized spacial score (nSPS) is 21.1. The van der Waals surface area contributed by atoms with Gasteiger partial charge in [0.25, 0.3) is 12.3 Å². The average molecular weight is 516 g/mol. The van der Waals surface area contributed by atoms with Gasteiger partial charge in [0.05, 0.1) is 23.1 Å². The van der Waals surface area contributed by atoms with Gasteiger partial charge < -0.3 is 9.80 Å². The molecule has 1 aromatic rings. The maximum atomic E-state index is 14.3. The molecular formula is C21H18F6N6OS. The summed E-state index contributed by atoms with van der Waals surface area (Å²) in [4.78, 5) is 23.4.